The first-order valence-corrected chi connectivity index (χ1v) is 11.7. The molecule has 0 aromatic carbocycles. The second-order valence-electron chi connectivity index (χ2n) is 7.88. The molecule has 1 aliphatic rings. The van der Waals surface area contributed by atoms with Crippen LogP contribution in [0.15, 0.2) is 39.3 Å². The number of aliphatic imine (C=N–C) groups is 1. The first-order chi connectivity index (χ1) is 13.1. The molecular formula is C21H32N4S2. The molecule has 0 spiro atoms. The minimum Gasteiger partial charge on any atom is -0.357 e. The van der Waals surface area contributed by atoms with Crippen LogP contribution in [-0.4, -0.2) is 43.1 Å². The number of hydrogen-bond acceptors (Lipinski definition) is 4. The van der Waals surface area contributed by atoms with Crippen molar-refractivity contribution in [3.05, 3.63) is 44.8 Å². The van der Waals surface area contributed by atoms with Crippen LogP contribution in [0.1, 0.15) is 44.1 Å². The van der Waals surface area contributed by atoms with Gasteiger partial charge in [0.1, 0.15) is 0 Å². The first kappa shape index (κ1) is 20.4. The van der Waals surface area contributed by atoms with Gasteiger partial charge in [-0.15, -0.1) is 11.3 Å². The molecule has 27 heavy (non-hydrogen) atoms. The highest BCUT2D eigenvalue weighted by molar-refractivity contribution is 7.10. The zero-order chi connectivity index (χ0) is 19.1. The fourth-order valence-corrected chi connectivity index (χ4v) is 4.91. The molecule has 1 fully saturated rings. The van der Waals surface area contributed by atoms with Gasteiger partial charge in [0.15, 0.2) is 5.96 Å². The Morgan fingerprint density at radius 1 is 1.26 bits per heavy atom. The largest absolute Gasteiger partial charge is 0.357 e. The Kier molecular flexibility index (Phi) is 7.33. The zero-order valence-electron chi connectivity index (χ0n) is 16.7. The molecule has 0 unspecified atom stereocenters. The third-order valence-corrected chi connectivity index (χ3v) is 7.05. The predicted octanol–water partition coefficient (Wildman–Crippen LogP) is 4.31. The Labute approximate surface area is 171 Å². The lowest BCUT2D eigenvalue weighted by Gasteiger charge is -2.33. The van der Waals surface area contributed by atoms with Crippen LogP contribution < -0.4 is 10.6 Å². The van der Waals surface area contributed by atoms with Crippen molar-refractivity contribution in [2.45, 2.75) is 51.6 Å². The Balaban J connectivity index is 1.51. The van der Waals surface area contributed by atoms with Crippen molar-refractivity contribution in [1.82, 2.24) is 15.5 Å². The van der Waals surface area contributed by atoms with E-state index in [1.54, 1.807) is 11.3 Å². The predicted molar refractivity (Wildman–Crippen MR) is 119 cm³/mol. The van der Waals surface area contributed by atoms with E-state index in [9.17, 15) is 0 Å². The number of hydrogen-bond donors (Lipinski definition) is 2. The van der Waals surface area contributed by atoms with Crippen LogP contribution in [0.3, 0.4) is 0 Å². The highest BCUT2D eigenvalue weighted by Gasteiger charge is 2.23. The van der Waals surface area contributed by atoms with Crippen LogP contribution in [0, 0.1) is 0 Å². The Hall–Kier alpha value is -1.37. The van der Waals surface area contributed by atoms with E-state index in [1.165, 1.54) is 23.3 Å². The van der Waals surface area contributed by atoms with Gasteiger partial charge < -0.3 is 10.6 Å². The Morgan fingerprint density at radius 2 is 2.07 bits per heavy atom. The number of nitrogens with zero attached hydrogens (tertiary/aromatic N) is 2. The molecule has 0 aliphatic carbocycles. The highest BCUT2D eigenvalue weighted by Crippen LogP contribution is 2.27. The molecule has 2 aromatic rings. The molecule has 1 saturated heterocycles. The number of rotatable bonds is 7. The molecule has 1 aliphatic heterocycles. The molecule has 3 heterocycles. The van der Waals surface area contributed by atoms with Gasteiger partial charge in [-0.2, -0.15) is 11.3 Å². The maximum absolute atomic E-state index is 4.90. The molecule has 6 heteroatoms. The maximum atomic E-state index is 4.90. The van der Waals surface area contributed by atoms with E-state index in [0.29, 0.717) is 6.04 Å². The first-order valence-electron chi connectivity index (χ1n) is 9.89. The third-order valence-electron chi connectivity index (χ3n) is 5.08. The van der Waals surface area contributed by atoms with E-state index >= 15 is 0 Å². The van der Waals surface area contributed by atoms with Crippen LogP contribution in [0.2, 0.25) is 0 Å². The molecule has 2 aromatic heterocycles. The minimum atomic E-state index is 0.0699. The summed E-state index contributed by atoms with van der Waals surface area (Å²) >= 11 is 3.60. The van der Waals surface area contributed by atoms with E-state index < -0.39 is 0 Å². The van der Waals surface area contributed by atoms with E-state index in [-0.39, 0.29) is 5.41 Å². The summed E-state index contributed by atoms with van der Waals surface area (Å²) in [5.41, 5.74) is 1.51. The van der Waals surface area contributed by atoms with Crippen LogP contribution >= 0.6 is 22.7 Å². The maximum Gasteiger partial charge on any atom is 0.191 e. The van der Waals surface area contributed by atoms with Crippen molar-refractivity contribution < 1.29 is 0 Å². The summed E-state index contributed by atoms with van der Waals surface area (Å²) in [4.78, 5) is 8.86. The number of nitrogens with one attached hydrogen (secondary N) is 2. The highest BCUT2D eigenvalue weighted by atomic mass is 32.1. The second-order valence-corrected chi connectivity index (χ2v) is 9.61. The summed E-state index contributed by atoms with van der Waals surface area (Å²) in [6, 6.07) is 7.08. The van der Waals surface area contributed by atoms with Gasteiger partial charge in [-0.1, -0.05) is 19.9 Å². The molecule has 0 saturated carbocycles. The van der Waals surface area contributed by atoms with Crippen LogP contribution in [0.25, 0.3) is 0 Å². The van der Waals surface area contributed by atoms with Gasteiger partial charge in [0.05, 0.1) is 6.54 Å². The number of guanidine groups is 1. The topological polar surface area (TPSA) is 39.7 Å². The van der Waals surface area contributed by atoms with Gasteiger partial charge in [0, 0.05) is 42.5 Å². The van der Waals surface area contributed by atoms with Crippen molar-refractivity contribution >= 4 is 28.6 Å². The average molecular weight is 405 g/mol. The molecule has 4 nitrogen and oxygen atoms in total. The van der Waals surface area contributed by atoms with Crippen molar-refractivity contribution in [2.24, 2.45) is 4.99 Å². The van der Waals surface area contributed by atoms with E-state index in [0.717, 1.165) is 38.7 Å². The van der Waals surface area contributed by atoms with Crippen LogP contribution in [0.5, 0.6) is 0 Å². The standard InChI is InChI=1S/C21H32N4S2/c1-4-22-20(23-16-21(2,3)19-6-5-12-27-19)24-18-7-10-25(11-8-18)14-17-9-13-26-15-17/h5-6,9,12-13,15,18H,4,7-8,10-11,14,16H2,1-3H3,(H2,22,23,24). The van der Waals surface area contributed by atoms with E-state index in [2.05, 4.69) is 70.6 Å². The smallest absolute Gasteiger partial charge is 0.191 e. The summed E-state index contributed by atoms with van der Waals surface area (Å²) < 4.78 is 0. The van der Waals surface area contributed by atoms with Gasteiger partial charge in [0.25, 0.3) is 0 Å². The number of likely N-dealkylation sites (tertiary alicyclic amines) is 1. The molecule has 0 bridgehead atoms. The monoisotopic (exact) mass is 404 g/mol. The molecule has 0 amide bonds. The average Bonchev–Trinajstić information content (AvgIpc) is 3.36. The molecular weight excluding hydrogens is 372 g/mol. The molecule has 148 valence electrons. The minimum absolute atomic E-state index is 0.0699. The van der Waals surface area contributed by atoms with Gasteiger partial charge in [-0.05, 0) is 53.6 Å². The zero-order valence-corrected chi connectivity index (χ0v) is 18.3. The summed E-state index contributed by atoms with van der Waals surface area (Å²) in [5.74, 6) is 0.957. The normalized spacial score (nSPS) is 17.2. The lowest BCUT2D eigenvalue weighted by Crippen LogP contribution is -2.48. The fourth-order valence-electron chi connectivity index (χ4n) is 3.41. The van der Waals surface area contributed by atoms with Crippen molar-refractivity contribution in [2.75, 3.05) is 26.2 Å². The summed E-state index contributed by atoms with van der Waals surface area (Å²) in [5, 5.41) is 13.7. The van der Waals surface area contributed by atoms with Crippen LogP contribution in [-0.2, 0) is 12.0 Å². The quantitative estimate of drug-likeness (QED) is 0.534. The van der Waals surface area contributed by atoms with Gasteiger partial charge >= 0.3 is 0 Å². The lowest BCUT2D eigenvalue weighted by atomic mass is 9.92. The number of piperidine rings is 1. The molecule has 0 atom stereocenters. The van der Waals surface area contributed by atoms with Crippen molar-refractivity contribution in [3.8, 4) is 0 Å². The molecule has 3 rings (SSSR count). The Bertz CT molecular complexity index is 684. The van der Waals surface area contributed by atoms with Gasteiger partial charge in [-0.25, -0.2) is 0 Å². The Morgan fingerprint density at radius 3 is 2.70 bits per heavy atom. The van der Waals surface area contributed by atoms with Crippen molar-refractivity contribution in [3.63, 3.8) is 0 Å². The van der Waals surface area contributed by atoms with Gasteiger partial charge in [0.2, 0.25) is 0 Å². The third kappa shape index (κ3) is 6.06. The van der Waals surface area contributed by atoms with E-state index in [4.69, 9.17) is 4.99 Å². The lowest BCUT2D eigenvalue weighted by molar-refractivity contribution is 0.198. The van der Waals surface area contributed by atoms with E-state index in [1.807, 2.05) is 11.3 Å². The van der Waals surface area contributed by atoms with Crippen molar-refractivity contribution in [1.29, 1.82) is 0 Å². The second kappa shape index (κ2) is 9.71. The van der Waals surface area contributed by atoms with Crippen LogP contribution in [0.4, 0.5) is 0 Å². The van der Waals surface area contributed by atoms with Gasteiger partial charge in [-0.3, -0.25) is 9.89 Å². The fraction of sp³-hybridized carbons (Fsp3) is 0.571. The summed E-state index contributed by atoms with van der Waals surface area (Å²) in [6.07, 6.45) is 2.34. The SMILES string of the molecule is CCNC(=NCC(C)(C)c1cccs1)NC1CCN(Cc2ccsc2)CC1. The summed E-state index contributed by atoms with van der Waals surface area (Å²) in [7, 11) is 0. The molecule has 2 N–H and O–H groups in total. The summed E-state index contributed by atoms with van der Waals surface area (Å²) in [6.45, 7) is 11.7. The number of thiophene rings is 2. The molecule has 0 radical (unpaired) electrons.